The average molecular weight is 959 g/mol. The second kappa shape index (κ2) is 48.5. The lowest BCUT2D eigenvalue weighted by atomic mass is 9.99. The SMILES string of the molecule is CCCCCCC/C=C\C/C=C\C/C=C\CCCCCCCCCCCCCCC(=O)NC(COC1OC(CO)C(O)C(O)C1O)C(O)/C=C/CC/C=C/CCCCCCCCCCCCCC. The summed E-state index contributed by atoms with van der Waals surface area (Å²) in [6.07, 6.45) is 58.5. The zero-order valence-electron chi connectivity index (χ0n) is 43.9. The van der Waals surface area contributed by atoms with Gasteiger partial charge in [-0.25, -0.2) is 0 Å². The van der Waals surface area contributed by atoms with Gasteiger partial charge in [-0.3, -0.25) is 4.79 Å². The highest BCUT2D eigenvalue weighted by Gasteiger charge is 2.44. The Balaban J connectivity index is 2.24. The van der Waals surface area contributed by atoms with Crippen LogP contribution in [0.4, 0.5) is 0 Å². The fourth-order valence-electron chi connectivity index (χ4n) is 8.77. The van der Waals surface area contributed by atoms with E-state index in [0.29, 0.717) is 6.42 Å². The van der Waals surface area contributed by atoms with Crippen LogP contribution in [-0.4, -0.2) is 87.5 Å². The van der Waals surface area contributed by atoms with E-state index in [1.807, 2.05) is 6.08 Å². The number of nitrogens with one attached hydrogen (secondary N) is 1. The topological polar surface area (TPSA) is 149 Å². The van der Waals surface area contributed by atoms with Crippen LogP contribution in [-0.2, 0) is 14.3 Å². The number of hydrogen-bond acceptors (Lipinski definition) is 8. The van der Waals surface area contributed by atoms with Gasteiger partial charge >= 0.3 is 0 Å². The molecule has 0 aromatic rings. The van der Waals surface area contributed by atoms with Crippen molar-refractivity contribution in [2.75, 3.05) is 13.2 Å². The van der Waals surface area contributed by atoms with Gasteiger partial charge in [-0.1, -0.05) is 235 Å². The van der Waals surface area contributed by atoms with Crippen LogP contribution in [0.1, 0.15) is 251 Å². The third kappa shape index (κ3) is 37.7. The number of carbonyl (C=O) groups is 1. The van der Waals surface area contributed by atoms with E-state index in [-0.39, 0.29) is 12.5 Å². The van der Waals surface area contributed by atoms with Crippen LogP contribution < -0.4 is 5.32 Å². The van der Waals surface area contributed by atoms with Crippen molar-refractivity contribution in [3.63, 3.8) is 0 Å². The number of aliphatic hydroxyl groups excluding tert-OH is 5. The first-order valence-corrected chi connectivity index (χ1v) is 28.5. The van der Waals surface area contributed by atoms with Crippen LogP contribution in [0, 0.1) is 0 Å². The number of hydrogen-bond donors (Lipinski definition) is 6. The average Bonchev–Trinajstić information content (AvgIpc) is 3.34. The molecule has 7 unspecified atom stereocenters. The van der Waals surface area contributed by atoms with E-state index in [0.717, 1.165) is 51.4 Å². The molecule has 1 aliphatic rings. The summed E-state index contributed by atoms with van der Waals surface area (Å²) in [7, 11) is 0. The van der Waals surface area contributed by atoms with Crippen molar-refractivity contribution in [2.24, 2.45) is 0 Å². The minimum absolute atomic E-state index is 0.189. The predicted molar refractivity (Wildman–Crippen MR) is 286 cm³/mol. The first kappa shape index (κ1) is 63.9. The number of rotatable bonds is 48. The molecule has 1 fully saturated rings. The molecule has 0 aliphatic carbocycles. The first-order valence-electron chi connectivity index (χ1n) is 28.5. The van der Waals surface area contributed by atoms with Crippen molar-refractivity contribution in [1.29, 1.82) is 0 Å². The first-order chi connectivity index (χ1) is 33.3. The zero-order valence-corrected chi connectivity index (χ0v) is 43.9. The lowest BCUT2D eigenvalue weighted by Gasteiger charge is -2.40. The van der Waals surface area contributed by atoms with Gasteiger partial charge in [0.25, 0.3) is 0 Å². The quantitative estimate of drug-likeness (QED) is 0.0261. The van der Waals surface area contributed by atoms with E-state index >= 15 is 0 Å². The molecule has 6 N–H and O–H groups in total. The summed E-state index contributed by atoms with van der Waals surface area (Å²) < 4.78 is 11.2. The summed E-state index contributed by atoms with van der Waals surface area (Å²) >= 11 is 0. The molecule has 1 amide bonds. The maximum absolute atomic E-state index is 13.0. The van der Waals surface area contributed by atoms with Crippen molar-refractivity contribution in [3.05, 3.63) is 60.8 Å². The molecule has 0 aromatic heterocycles. The fraction of sp³-hybridized carbons (Fsp3) is 0.814. The van der Waals surface area contributed by atoms with Gasteiger partial charge in [-0.2, -0.15) is 0 Å². The second-order valence-corrected chi connectivity index (χ2v) is 19.7. The molecule has 9 heteroatoms. The van der Waals surface area contributed by atoms with Crippen molar-refractivity contribution in [1.82, 2.24) is 5.32 Å². The largest absolute Gasteiger partial charge is 0.394 e. The zero-order chi connectivity index (χ0) is 49.4. The van der Waals surface area contributed by atoms with E-state index in [1.165, 1.54) is 180 Å². The maximum atomic E-state index is 13.0. The van der Waals surface area contributed by atoms with Gasteiger partial charge < -0.3 is 40.3 Å². The minimum Gasteiger partial charge on any atom is -0.394 e. The lowest BCUT2D eigenvalue weighted by Crippen LogP contribution is -2.60. The minimum atomic E-state index is -1.57. The van der Waals surface area contributed by atoms with Crippen LogP contribution >= 0.6 is 0 Å². The van der Waals surface area contributed by atoms with Crippen LogP contribution in [0.2, 0.25) is 0 Å². The number of ether oxygens (including phenoxy) is 2. The Morgan fingerprint density at radius 3 is 1.34 bits per heavy atom. The lowest BCUT2D eigenvalue weighted by molar-refractivity contribution is -0.302. The molecule has 0 bridgehead atoms. The molecule has 9 nitrogen and oxygen atoms in total. The van der Waals surface area contributed by atoms with Gasteiger partial charge in [0, 0.05) is 6.42 Å². The normalized spacial score (nSPS) is 20.0. The molecule has 0 saturated carbocycles. The third-order valence-electron chi connectivity index (χ3n) is 13.3. The third-order valence-corrected chi connectivity index (χ3v) is 13.3. The van der Waals surface area contributed by atoms with E-state index < -0.39 is 49.5 Å². The van der Waals surface area contributed by atoms with Gasteiger partial charge in [0.1, 0.15) is 24.4 Å². The van der Waals surface area contributed by atoms with Crippen molar-refractivity contribution in [3.8, 4) is 0 Å². The Hall–Kier alpha value is -2.11. The van der Waals surface area contributed by atoms with Crippen molar-refractivity contribution in [2.45, 2.75) is 294 Å². The molecule has 0 radical (unpaired) electrons. The second-order valence-electron chi connectivity index (χ2n) is 19.7. The summed E-state index contributed by atoms with van der Waals surface area (Å²) in [6.45, 7) is 3.76. The molecule has 396 valence electrons. The monoisotopic (exact) mass is 958 g/mol. The summed E-state index contributed by atoms with van der Waals surface area (Å²) in [5.74, 6) is -0.189. The van der Waals surface area contributed by atoms with Crippen LogP contribution in [0.15, 0.2) is 60.8 Å². The van der Waals surface area contributed by atoms with Crippen LogP contribution in [0.5, 0.6) is 0 Å². The molecule has 1 saturated heterocycles. The maximum Gasteiger partial charge on any atom is 0.220 e. The Morgan fingerprint density at radius 1 is 0.500 bits per heavy atom. The Bertz CT molecular complexity index is 1250. The van der Waals surface area contributed by atoms with E-state index in [9.17, 15) is 30.3 Å². The van der Waals surface area contributed by atoms with E-state index in [4.69, 9.17) is 9.47 Å². The standard InChI is InChI=1S/C59H107NO8/c1-3-5-7-9-11-13-15-17-19-21-23-24-25-26-27-28-29-30-31-33-35-37-39-41-43-45-47-49-55(63)60-52(51-67-59-58(66)57(65)56(64)54(50-61)68-59)53(62)48-46-44-42-40-38-36-34-32-22-20-18-16-14-12-10-8-6-4-2/h15,17,21,23,25-26,38,40,46,48,52-54,56-59,61-62,64-66H,3-14,16,18-20,22,24,27-37,39,41-45,47,49-51H2,1-2H3,(H,60,63)/b17-15-,23-21-,26-25-,40-38+,48-46+. The van der Waals surface area contributed by atoms with E-state index in [1.54, 1.807) is 6.08 Å². The summed E-state index contributed by atoms with van der Waals surface area (Å²) in [5, 5.41) is 54.4. The van der Waals surface area contributed by atoms with Crippen LogP contribution in [0.3, 0.4) is 0 Å². The molecule has 7 atom stereocenters. The van der Waals surface area contributed by atoms with Gasteiger partial charge in [0.15, 0.2) is 6.29 Å². The molecule has 1 aliphatic heterocycles. The number of allylic oxidation sites excluding steroid dienone is 9. The highest BCUT2D eigenvalue weighted by molar-refractivity contribution is 5.76. The summed E-state index contributed by atoms with van der Waals surface area (Å²) in [6, 6.07) is -0.825. The molecule has 0 spiro atoms. The van der Waals surface area contributed by atoms with Crippen molar-refractivity contribution < 1.29 is 39.8 Å². The number of unbranched alkanes of at least 4 members (excludes halogenated alkanes) is 30. The Labute approximate surface area is 417 Å². The Morgan fingerprint density at radius 2 is 0.882 bits per heavy atom. The van der Waals surface area contributed by atoms with Gasteiger partial charge in [0.2, 0.25) is 5.91 Å². The summed E-state index contributed by atoms with van der Waals surface area (Å²) in [5.41, 5.74) is 0. The molecule has 1 rings (SSSR count). The highest BCUT2D eigenvalue weighted by atomic mass is 16.7. The van der Waals surface area contributed by atoms with Gasteiger partial charge in [-0.15, -0.1) is 0 Å². The number of aliphatic hydroxyl groups is 5. The molecule has 0 aromatic carbocycles. The molecular formula is C59H107NO8. The number of amides is 1. The molecular weight excluding hydrogens is 851 g/mol. The molecule has 1 heterocycles. The van der Waals surface area contributed by atoms with Crippen molar-refractivity contribution >= 4 is 5.91 Å². The highest BCUT2D eigenvalue weighted by Crippen LogP contribution is 2.23. The Kier molecular flexibility index (Phi) is 45.6. The molecule has 68 heavy (non-hydrogen) atoms. The smallest absolute Gasteiger partial charge is 0.220 e. The van der Waals surface area contributed by atoms with E-state index in [2.05, 4.69) is 67.8 Å². The number of carbonyl (C=O) groups excluding carboxylic acids is 1. The summed E-state index contributed by atoms with van der Waals surface area (Å²) in [4.78, 5) is 13.0. The van der Waals surface area contributed by atoms with Crippen LogP contribution in [0.25, 0.3) is 0 Å². The van der Waals surface area contributed by atoms with Gasteiger partial charge in [-0.05, 0) is 70.6 Å². The predicted octanol–water partition coefficient (Wildman–Crippen LogP) is 13.9. The van der Waals surface area contributed by atoms with Gasteiger partial charge in [0.05, 0.1) is 25.4 Å². The fourth-order valence-corrected chi connectivity index (χ4v) is 8.77.